The van der Waals surface area contributed by atoms with E-state index >= 15 is 0 Å². The highest BCUT2D eigenvalue weighted by Gasteiger charge is 2.42. The molecule has 2 fully saturated rings. The fourth-order valence-electron chi connectivity index (χ4n) is 4.71. The minimum absolute atomic E-state index is 0.0663. The molecule has 0 unspecified atom stereocenters. The van der Waals surface area contributed by atoms with E-state index in [4.69, 9.17) is 0 Å². The Hall–Kier alpha value is -2.77. The molecule has 3 aromatic rings. The Labute approximate surface area is 201 Å². The average Bonchev–Trinajstić information content (AvgIpc) is 3.55. The van der Waals surface area contributed by atoms with Crippen molar-refractivity contribution in [3.63, 3.8) is 0 Å². The van der Waals surface area contributed by atoms with Gasteiger partial charge in [-0.3, -0.25) is 9.30 Å². The lowest BCUT2D eigenvalue weighted by molar-refractivity contribution is -0.137. The highest BCUT2D eigenvalue weighted by molar-refractivity contribution is 7.88. The molecule has 1 aliphatic carbocycles. The average molecular weight is 510 g/mol. The number of rotatable bonds is 6. The number of hydrogen-bond acceptors (Lipinski definition) is 7. The molecule has 1 saturated carbocycles. The zero-order valence-corrected chi connectivity index (χ0v) is 20.1. The Balaban J connectivity index is 1.45. The van der Waals surface area contributed by atoms with Crippen LogP contribution in [-0.2, 0) is 16.2 Å². The highest BCUT2D eigenvalue weighted by atomic mass is 32.2. The van der Waals surface area contributed by atoms with Gasteiger partial charge in [0.15, 0.2) is 0 Å². The predicted octanol–water partition coefficient (Wildman–Crippen LogP) is 2.40. The number of nitrogens with zero attached hydrogens (tertiary/aromatic N) is 6. The maximum absolute atomic E-state index is 13.3. The number of aromatic nitrogens is 4. The van der Waals surface area contributed by atoms with Crippen molar-refractivity contribution in [3.05, 3.63) is 42.4 Å². The number of piperazine rings is 1. The highest BCUT2D eigenvalue weighted by Crippen LogP contribution is 2.34. The van der Waals surface area contributed by atoms with E-state index in [-0.39, 0.29) is 18.6 Å². The van der Waals surface area contributed by atoms with Gasteiger partial charge in [0.1, 0.15) is 5.65 Å². The summed E-state index contributed by atoms with van der Waals surface area (Å²) in [6.07, 6.45) is 2.96. The van der Waals surface area contributed by atoms with Crippen molar-refractivity contribution >= 4 is 21.6 Å². The first-order chi connectivity index (χ1) is 16.5. The van der Waals surface area contributed by atoms with Gasteiger partial charge in [0.05, 0.1) is 29.4 Å². The second-order valence-electron chi connectivity index (χ2n) is 9.12. The molecule has 13 heteroatoms. The van der Waals surface area contributed by atoms with E-state index in [2.05, 4.69) is 24.6 Å². The molecule has 5 rings (SSSR count). The van der Waals surface area contributed by atoms with Crippen LogP contribution in [-0.4, -0.2) is 76.7 Å². The summed E-state index contributed by atoms with van der Waals surface area (Å²) >= 11 is 0. The van der Waals surface area contributed by atoms with E-state index in [1.54, 1.807) is 12.3 Å². The van der Waals surface area contributed by atoms with Crippen LogP contribution in [0.2, 0.25) is 0 Å². The number of alkyl halides is 3. The molecule has 1 N–H and O–H groups in total. The quantitative estimate of drug-likeness (QED) is 0.545. The molecule has 0 amide bonds. The van der Waals surface area contributed by atoms with E-state index in [0.29, 0.717) is 35.6 Å². The molecule has 4 heterocycles. The van der Waals surface area contributed by atoms with E-state index in [1.165, 1.54) is 16.7 Å². The molecule has 0 aromatic carbocycles. The second-order valence-corrected chi connectivity index (χ2v) is 11.0. The first-order valence-corrected chi connectivity index (χ1v) is 13.2. The van der Waals surface area contributed by atoms with E-state index < -0.39 is 21.8 Å². The number of hydrogen-bond donors (Lipinski definition) is 1. The van der Waals surface area contributed by atoms with Gasteiger partial charge < -0.3 is 4.90 Å². The minimum Gasteiger partial charge on any atom is -0.335 e. The molecule has 0 spiro atoms. The molecule has 2 aliphatic rings. The van der Waals surface area contributed by atoms with Crippen LogP contribution in [0.4, 0.5) is 19.1 Å². The Kier molecular flexibility index (Phi) is 5.96. The van der Waals surface area contributed by atoms with Gasteiger partial charge >= 0.3 is 6.18 Å². The Morgan fingerprint density at radius 2 is 1.91 bits per heavy atom. The largest absolute Gasteiger partial charge is 0.417 e. The standard InChI is InChI=1S/C22H26F3N7O2S/c1-14-18(12-28-35(2,33)34)31(16-4-5-16)10-9-30(14)21-26-8-7-17(29-21)19-11-27-20-6-3-15(13-32(19)20)22(23,24)25/h3,6-8,11,13-14,16,18,28H,4-5,9-10,12H2,1-2H3/t14-,18+/m0/s1. The first-order valence-electron chi connectivity index (χ1n) is 11.4. The number of nitrogens with one attached hydrogen (secondary N) is 1. The summed E-state index contributed by atoms with van der Waals surface area (Å²) in [7, 11) is -3.35. The van der Waals surface area contributed by atoms with Crippen LogP contribution in [0.1, 0.15) is 25.3 Å². The van der Waals surface area contributed by atoms with Crippen LogP contribution in [0, 0.1) is 0 Å². The maximum Gasteiger partial charge on any atom is 0.417 e. The third-order valence-electron chi connectivity index (χ3n) is 6.64. The zero-order valence-electron chi connectivity index (χ0n) is 19.3. The molecule has 1 aliphatic heterocycles. The molecule has 35 heavy (non-hydrogen) atoms. The lowest BCUT2D eigenvalue weighted by Crippen LogP contribution is -2.62. The van der Waals surface area contributed by atoms with Gasteiger partial charge in [-0.25, -0.2) is 28.1 Å². The second kappa shape index (κ2) is 8.71. The molecule has 1 saturated heterocycles. The Bertz CT molecular complexity index is 1340. The summed E-state index contributed by atoms with van der Waals surface area (Å²) in [5.74, 6) is 0.441. The molecule has 9 nitrogen and oxygen atoms in total. The summed E-state index contributed by atoms with van der Waals surface area (Å²) in [6.45, 7) is 3.69. The van der Waals surface area contributed by atoms with E-state index in [9.17, 15) is 21.6 Å². The molecule has 0 bridgehead atoms. The van der Waals surface area contributed by atoms with Crippen molar-refractivity contribution < 1.29 is 21.6 Å². The molecule has 0 radical (unpaired) electrons. The van der Waals surface area contributed by atoms with Crippen molar-refractivity contribution in [3.8, 4) is 11.4 Å². The van der Waals surface area contributed by atoms with Crippen molar-refractivity contribution in [2.75, 3.05) is 30.8 Å². The Morgan fingerprint density at radius 1 is 1.14 bits per heavy atom. The maximum atomic E-state index is 13.3. The van der Waals surface area contributed by atoms with Gasteiger partial charge in [-0.2, -0.15) is 13.2 Å². The lowest BCUT2D eigenvalue weighted by atomic mass is 10.0. The summed E-state index contributed by atoms with van der Waals surface area (Å²) in [6, 6.07) is 4.27. The van der Waals surface area contributed by atoms with E-state index in [1.807, 2.05) is 11.8 Å². The van der Waals surface area contributed by atoms with Gasteiger partial charge in [0.2, 0.25) is 16.0 Å². The van der Waals surface area contributed by atoms with Gasteiger partial charge in [0, 0.05) is 50.2 Å². The van der Waals surface area contributed by atoms with Gasteiger partial charge in [-0.15, -0.1) is 0 Å². The number of pyridine rings is 1. The van der Waals surface area contributed by atoms with Gasteiger partial charge in [-0.05, 0) is 38.0 Å². The number of halogens is 3. The molecular weight excluding hydrogens is 483 g/mol. The summed E-state index contributed by atoms with van der Waals surface area (Å²) in [5.41, 5.74) is 0.481. The van der Waals surface area contributed by atoms with Gasteiger partial charge in [0.25, 0.3) is 0 Å². The summed E-state index contributed by atoms with van der Waals surface area (Å²) < 4.78 is 67.3. The third kappa shape index (κ3) is 4.98. The molecular formula is C22H26F3N7O2S. The summed E-state index contributed by atoms with van der Waals surface area (Å²) in [4.78, 5) is 17.7. The van der Waals surface area contributed by atoms with Crippen LogP contribution in [0.15, 0.2) is 36.8 Å². The topological polar surface area (TPSA) is 95.7 Å². The van der Waals surface area contributed by atoms with Crippen molar-refractivity contribution in [2.24, 2.45) is 0 Å². The van der Waals surface area contributed by atoms with Crippen LogP contribution in [0.5, 0.6) is 0 Å². The first kappa shape index (κ1) is 23.9. The lowest BCUT2D eigenvalue weighted by Gasteiger charge is -2.46. The fourth-order valence-corrected chi connectivity index (χ4v) is 5.18. The van der Waals surface area contributed by atoms with E-state index in [0.717, 1.165) is 37.9 Å². The van der Waals surface area contributed by atoms with Crippen molar-refractivity contribution in [2.45, 2.75) is 44.1 Å². The number of anilines is 1. The van der Waals surface area contributed by atoms with Crippen LogP contribution in [0.25, 0.3) is 17.0 Å². The normalized spacial score (nSPS) is 22.1. The number of fused-ring (bicyclic) bond motifs is 1. The van der Waals surface area contributed by atoms with Gasteiger partial charge in [-0.1, -0.05) is 0 Å². The zero-order chi connectivity index (χ0) is 25.0. The predicted molar refractivity (Wildman–Crippen MR) is 124 cm³/mol. The number of imidazole rings is 1. The van der Waals surface area contributed by atoms with Crippen molar-refractivity contribution in [1.82, 2.24) is 29.0 Å². The summed E-state index contributed by atoms with van der Waals surface area (Å²) in [5, 5.41) is 0. The smallest absolute Gasteiger partial charge is 0.335 e. The third-order valence-corrected chi connectivity index (χ3v) is 7.33. The van der Waals surface area contributed by atoms with Crippen LogP contribution < -0.4 is 9.62 Å². The van der Waals surface area contributed by atoms with Crippen LogP contribution in [0.3, 0.4) is 0 Å². The minimum atomic E-state index is -4.47. The Morgan fingerprint density at radius 3 is 2.60 bits per heavy atom. The van der Waals surface area contributed by atoms with Crippen molar-refractivity contribution in [1.29, 1.82) is 0 Å². The SMILES string of the molecule is C[C@H]1[C@@H](CNS(C)(=O)=O)N(C2CC2)CCN1c1nccc(-c2cnc3ccc(C(F)(F)F)cn23)n1. The molecule has 188 valence electrons. The van der Waals surface area contributed by atoms with Crippen LogP contribution >= 0.6 is 0 Å². The molecule has 2 atom stereocenters. The number of sulfonamides is 1. The molecule has 3 aromatic heterocycles. The monoisotopic (exact) mass is 509 g/mol. The fraction of sp³-hybridized carbons (Fsp3) is 0.500.